The van der Waals surface area contributed by atoms with Gasteiger partial charge in [-0.3, -0.25) is 9.52 Å². The topological polar surface area (TPSA) is 101 Å². The molecule has 0 aliphatic heterocycles. The number of benzene rings is 2. The number of nitrogens with zero attached hydrogens (tertiary/aromatic N) is 1. The first-order chi connectivity index (χ1) is 13.7. The number of aromatic nitrogens is 1. The van der Waals surface area contributed by atoms with Crippen LogP contribution in [0.1, 0.15) is 22.6 Å². The average Bonchev–Trinajstić information content (AvgIpc) is 2.97. The molecule has 2 N–H and O–H groups in total. The van der Waals surface area contributed by atoms with E-state index in [0.717, 1.165) is 0 Å². The Bertz CT molecular complexity index is 1140. The predicted molar refractivity (Wildman–Crippen MR) is 112 cm³/mol. The van der Waals surface area contributed by atoms with Gasteiger partial charge in [-0.05, 0) is 62.7 Å². The van der Waals surface area contributed by atoms with Crippen molar-refractivity contribution in [3.05, 3.63) is 70.1 Å². The minimum atomic E-state index is -3.85. The van der Waals surface area contributed by atoms with Crippen molar-refractivity contribution >= 4 is 38.9 Å². The van der Waals surface area contributed by atoms with E-state index in [0.29, 0.717) is 39.0 Å². The van der Waals surface area contributed by atoms with Gasteiger partial charge >= 0.3 is 0 Å². The van der Waals surface area contributed by atoms with Crippen molar-refractivity contribution in [1.82, 2.24) is 5.16 Å². The van der Waals surface area contributed by atoms with Crippen molar-refractivity contribution in [3.63, 3.8) is 0 Å². The van der Waals surface area contributed by atoms with Crippen LogP contribution in [-0.2, 0) is 21.2 Å². The molecule has 9 heteroatoms. The molecule has 0 aliphatic carbocycles. The van der Waals surface area contributed by atoms with Crippen LogP contribution in [0.3, 0.4) is 0 Å². The molecule has 0 saturated carbocycles. The third kappa shape index (κ3) is 4.96. The van der Waals surface area contributed by atoms with Crippen molar-refractivity contribution in [2.75, 3.05) is 10.0 Å². The third-order valence-corrected chi connectivity index (χ3v) is 6.15. The number of carbonyl (C=O) groups excluding carboxylic acids is 1. The van der Waals surface area contributed by atoms with Crippen LogP contribution in [0, 0.1) is 20.8 Å². The van der Waals surface area contributed by atoms with Gasteiger partial charge in [0.25, 0.3) is 10.0 Å². The maximum absolute atomic E-state index is 12.8. The van der Waals surface area contributed by atoms with Crippen LogP contribution in [0.5, 0.6) is 0 Å². The normalized spacial score (nSPS) is 11.3. The second-order valence-corrected chi connectivity index (χ2v) is 8.71. The molecule has 152 valence electrons. The molecule has 0 spiro atoms. The molecule has 7 nitrogen and oxygen atoms in total. The lowest BCUT2D eigenvalue weighted by atomic mass is 10.1. The first-order valence-corrected chi connectivity index (χ1v) is 10.6. The Kier molecular flexibility index (Phi) is 5.95. The van der Waals surface area contributed by atoms with E-state index >= 15 is 0 Å². The van der Waals surface area contributed by atoms with Gasteiger partial charge in [0.15, 0.2) is 0 Å². The van der Waals surface area contributed by atoms with Gasteiger partial charge in [0.05, 0.1) is 17.0 Å². The number of anilines is 2. The Balaban J connectivity index is 1.80. The fourth-order valence-corrected chi connectivity index (χ4v) is 4.27. The first-order valence-electron chi connectivity index (χ1n) is 8.76. The summed E-state index contributed by atoms with van der Waals surface area (Å²) >= 11 is 5.84. The number of halogens is 1. The molecule has 1 aromatic heterocycles. The Morgan fingerprint density at radius 2 is 1.72 bits per heavy atom. The summed E-state index contributed by atoms with van der Waals surface area (Å²) in [4.78, 5) is 12.5. The second-order valence-electron chi connectivity index (χ2n) is 6.62. The van der Waals surface area contributed by atoms with Crippen LogP contribution >= 0.6 is 11.6 Å². The number of aryl methyl sites for hydroxylation is 3. The van der Waals surface area contributed by atoms with Gasteiger partial charge in [-0.25, -0.2) is 8.42 Å². The van der Waals surface area contributed by atoms with Crippen molar-refractivity contribution in [3.8, 4) is 0 Å². The second kappa shape index (κ2) is 8.26. The molecular formula is C20H20ClN3O4S. The molecule has 0 fully saturated rings. The van der Waals surface area contributed by atoms with Gasteiger partial charge in [-0.2, -0.15) is 0 Å². The Hall–Kier alpha value is -2.84. The molecular weight excluding hydrogens is 414 g/mol. The first kappa shape index (κ1) is 20.9. The lowest BCUT2D eigenvalue weighted by molar-refractivity contribution is -0.115. The Labute approximate surface area is 174 Å². The van der Waals surface area contributed by atoms with E-state index in [2.05, 4.69) is 15.2 Å². The van der Waals surface area contributed by atoms with Crippen LogP contribution in [-0.4, -0.2) is 19.5 Å². The van der Waals surface area contributed by atoms with Crippen molar-refractivity contribution in [2.45, 2.75) is 32.1 Å². The van der Waals surface area contributed by atoms with E-state index in [9.17, 15) is 13.2 Å². The highest BCUT2D eigenvalue weighted by atomic mass is 35.5. The number of amides is 1. The van der Waals surface area contributed by atoms with Crippen molar-refractivity contribution in [1.29, 1.82) is 0 Å². The lowest BCUT2D eigenvalue weighted by Crippen LogP contribution is -2.17. The van der Waals surface area contributed by atoms with Crippen molar-refractivity contribution < 1.29 is 17.7 Å². The molecule has 3 aromatic rings. The van der Waals surface area contributed by atoms with E-state index in [1.54, 1.807) is 57.2 Å². The van der Waals surface area contributed by atoms with Crippen LogP contribution in [0.25, 0.3) is 0 Å². The highest BCUT2D eigenvalue weighted by Gasteiger charge is 2.19. The maximum atomic E-state index is 12.8. The van der Waals surface area contributed by atoms with Gasteiger partial charge in [-0.15, -0.1) is 0 Å². The molecule has 0 saturated heterocycles. The molecule has 0 aliphatic rings. The number of sulfonamides is 1. The summed E-state index contributed by atoms with van der Waals surface area (Å²) in [5.74, 6) is 0.286. The van der Waals surface area contributed by atoms with Gasteiger partial charge in [0.2, 0.25) is 5.91 Å². The largest absolute Gasteiger partial charge is 0.361 e. The fraction of sp³-hybridized carbons (Fsp3) is 0.200. The van der Waals surface area contributed by atoms with Gasteiger partial charge in [0.1, 0.15) is 5.76 Å². The highest BCUT2D eigenvalue weighted by Crippen LogP contribution is 2.24. The van der Waals surface area contributed by atoms with E-state index in [1.807, 2.05) is 0 Å². The maximum Gasteiger partial charge on any atom is 0.262 e. The number of nitrogens with one attached hydrogen (secondary N) is 2. The van der Waals surface area contributed by atoms with Gasteiger partial charge < -0.3 is 9.84 Å². The number of carbonyl (C=O) groups is 1. The van der Waals surface area contributed by atoms with E-state index in [1.165, 1.54) is 6.07 Å². The standard InChI is InChI=1S/C20H20ClN3O4S/c1-12-4-7-17(22-20(25)11-18-13(2)23-28-14(18)3)10-19(12)29(26,27)24-16-8-5-15(21)6-9-16/h4-10,24H,11H2,1-3H3,(H,22,25). The zero-order valence-electron chi connectivity index (χ0n) is 16.1. The Morgan fingerprint density at radius 3 is 2.34 bits per heavy atom. The van der Waals surface area contributed by atoms with E-state index in [-0.39, 0.29) is 17.2 Å². The van der Waals surface area contributed by atoms with E-state index < -0.39 is 10.0 Å². The molecule has 0 unspecified atom stereocenters. The number of hydrogen-bond donors (Lipinski definition) is 2. The quantitative estimate of drug-likeness (QED) is 0.605. The molecule has 0 radical (unpaired) electrons. The predicted octanol–water partition coefficient (Wildman–Crippen LogP) is 4.24. The minimum Gasteiger partial charge on any atom is -0.361 e. The summed E-state index contributed by atoms with van der Waals surface area (Å²) in [6, 6.07) is 11.1. The Morgan fingerprint density at radius 1 is 1.07 bits per heavy atom. The van der Waals surface area contributed by atoms with Crippen LogP contribution in [0.4, 0.5) is 11.4 Å². The summed E-state index contributed by atoms with van der Waals surface area (Å²) in [6.45, 7) is 5.19. The van der Waals surface area contributed by atoms with Gasteiger partial charge in [-0.1, -0.05) is 22.8 Å². The summed E-state index contributed by atoms with van der Waals surface area (Å²) in [7, 11) is -3.85. The lowest BCUT2D eigenvalue weighted by Gasteiger charge is -2.13. The van der Waals surface area contributed by atoms with Gasteiger partial charge in [0, 0.05) is 22.0 Å². The van der Waals surface area contributed by atoms with Crippen molar-refractivity contribution in [2.24, 2.45) is 0 Å². The minimum absolute atomic E-state index is 0.0718. The fourth-order valence-electron chi connectivity index (χ4n) is 2.82. The summed E-state index contributed by atoms with van der Waals surface area (Å²) in [5, 5.41) is 7.06. The molecule has 3 rings (SSSR count). The zero-order valence-corrected chi connectivity index (χ0v) is 17.7. The summed E-state index contributed by atoms with van der Waals surface area (Å²) in [5.41, 5.74) is 2.68. The SMILES string of the molecule is Cc1ccc(NC(=O)Cc2c(C)noc2C)cc1S(=O)(=O)Nc1ccc(Cl)cc1. The van der Waals surface area contributed by atoms with Crippen LogP contribution in [0.2, 0.25) is 5.02 Å². The third-order valence-electron chi connectivity index (χ3n) is 4.38. The monoisotopic (exact) mass is 433 g/mol. The summed E-state index contributed by atoms with van der Waals surface area (Å²) < 4.78 is 33.2. The van der Waals surface area contributed by atoms with Crippen LogP contribution in [0.15, 0.2) is 51.9 Å². The number of rotatable bonds is 6. The average molecular weight is 434 g/mol. The molecule has 0 atom stereocenters. The molecule has 0 bridgehead atoms. The highest BCUT2D eigenvalue weighted by molar-refractivity contribution is 7.92. The molecule has 1 heterocycles. The van der Waals surface area contributed by atoms with Crippen LogP contribution < -0.4 is 10.0 Å². The smallest absolute Gasteiger partial charge is 0.262 e. The number of hydrogen-bond acceptors (Lipinski definition) is 5. The zero-order chi connectivity index (χ0) is 21.2. The summed E-state index contributed by atoms with van der Waals surface area (Å²) in [6.07, 6.45) is 0.0835. The molecule has 29 heavy (non-hydrogen) atoms. The van der Waals surface area contributed by atoms with E-state index in [4.69, 9.17) is 16.1 Å². The molecule has 1 amide bonds. The molecule has 2 aromatic carbocycles.